The van der Waals surface area contributed by atoms with Gasteiger partial charge in [-0.25, -0.2) is 4.79 Å². The Kier molecular flexibility index (Phi) is 5.96. The molecule has 1 atom stereocenters. The number of hydrogen-bond donors (Lipinski definition) is 2. The first kappa shape index (κ1) is 20.3. The van der Waals surface area contributed by atoms with Crippen LogP contribution in [0.5, 0.6) is 0 Å². The molecule has 9 heteroatoms. The molecular formula is C21H20ClN5O2S. The summed E-state index contributed by atoms with van der Waals surface area (Å²) in [6, 6.07) is 14.2. The fraction of sp³-hybridized carbons (Fsp3) is 0.238. The Labute approximate surface area is 183 Å². The number of anilines is 2. The van der Waals surface area contributed by atoms with E-state index in [1.807, 2.05) is 31.2 Å². The van der Waals surface area contributed by atoms with Crippen LogP contribution in [0.2, 0.25) is 5.02 Å². The maximum atomic E-state index is 12.8. The van der Waals surface area contributed by atoms with Gasteiger partial charge in [0.25, 0.3) is 5.91 Å². The molecule has 1 saturated heterocycles. The zero-order chi connectivity index (χ0) is 21.1. The number of hydrogen-bond acceptors (Lipinski definition) is 5. The molecule has 1 fully saturated rings. The number of nitrogens with zero attached hydrogens (tertiary/aromatic N) is 3. The second-order valence-corrected chi connectivity index (χ2v) is 8.50. The molecule has 3 amide bonds. The molecule has 0 saturated carbocycles. The second kappa shape index (κ2) is 8.81. The van der Waals surface area contributed by atoms with E-state index in [1.165, 1.54) is 11.3 Å². The van der Waals surface area contributed by atoms with Crippen molar-refractivity contribution in [2.45, 2.75) is 25.8 Å². The average molecular weight is 442 g/mol. The molecule has 1 aromatic heterocycles. The van der Waals surface area contributed by atoms with Crippen molar-refractivity contribution in [1.82, 2.24) is 15.1 Å². The highest BCUT2D eigenvalue weighted by molar-refractivity contribution is 7.13. The molecule has 30 heavy (non-hydrogen) atoms. The Balaban J connectivity index is 1.44. The summed E-state index contributed by atoms with van der Waals surface area (Å²) >= 11 is 7.16. The molecule has 1 aliphatic heterocycles. The van der Waals surface area contributed by atoms with Crippen LogP contribution in [-0.4, -0.2) is 33.6 Å². The maximum absolute atomic E-state index is 12.8. The summed E-state index contributed by atoms with van der Waals surface area (Å²) in [6.45, 7) is 2.63. The summed E-state index contributed by atoms with van der Waals surface area (Å²) in [5.74, 6) is -0.352. The van der Waals surface area contributed by atoms with Crippen LogP contribution < -0.4 is 10.6 Å². The summed E-state index contributed by atoms with van der Waals surface area (Å²) in [5, 5.41) is 15.4. The molecule has 0 aliphatic carbocycles. The molecular weight excluding hydrogens is 422 g/mol. The molecule has 0 bridgehead atoms. The Morgan fingerprint density at radius 2 is 1.90 bits per heavy atom. The number of aromatic nitrogens is 2. The van der Waals surface area contributed by atoms with E-state index in [4.69, 9.17) is 11.6 Å². The number of urea groups is 1. The van der Waals surface area contributed by atoms with Crippen LogP contribution in [0.15, 0.2) is 48.5 Å². The number of aryl methyl sites for hydroxylation is 1. The van der Waals surface area contributed by atoms with Crippen LogP contribution in [0.1, 0.15) is 39.3 Å². The van der Waals surface area contributed by atoms with E-state index >= 15 is 0 Å². The SMILES string of the molecule is Cc1ccc(NC(=O)N2CCC[C@H]2c2nnc(C(=O)Nc3cccc(Cl)c3)s2)cc1. The van der Waals surface area contributed by atoms with Gasteiger partial charge in [0.05, 0.1) is 6.04 Å². The Morgan fingerprint density at radius 3 is 2.67 bits per heavy atom. The number of likely N-dealkylation sites (tertiary alicyclic amines) is 1. The van der Waals surface area contributed by atoms with Crippen molar-refractivity contribution in [2.75, 3.05) is 17.2 Å². The lowest BCUT2D eigenvalue weighted by molar-refractivity contribution is 0.102. The van der Waals surface area contributed by atoms with E-state index in [2.05, 4.69) is 20.8 Å². The smallest absolute Gasteiger partial charge is 0.320 e. The minimum atomic E-state index is -0.352. The average Bonchev–Trinajstić information content (AvgIpc) is 3.39. The van der Waals surface area contributed by atoms with Crippen LogP contribution in [-0.2, 0) is 0 Å². The number of amides is 3. The van der Waals surface area contributed by atoms with Crippen LogP contribution >= 0.6 is 22.9 Å². The maximum Gasteiger partial charge on any atom is 0.322 e. The van der Waals surface area contributed by atoms with Crippen molar-refractivity contribution in [2.24, 2.45) is 0 Å². The van der Waals surface area contributed by atoms with Gasteiger partial charge in [0.15, 0.2) is 0 Å². The summed E-state index contributed by atoms with van der Waals surface area (Å²) in [5.41, 5.74) is 2.46. The van der Waals surface area contributed by atoms with E-state index in [1.54, 1.807) is 29.2 Å². The number of halogens is 1. The minimum Gasteiger partial charge on any atom is -0.320 e. The first-order chi connectivity index (χ1) is 14.5. The van der Waals surface area contributed by atoms with E-state index in [9.17, 15) is 9.59 Å². The molecule has 0 radical (unpaired) electrons. The quantitative estimate of drug-likeness (QED) is 0.588. The highest BCUT2D eigenvalue weighted by Gasteiger charge is 2.33. The van der Waals surface area contributed by atoms with Gasteiger partial charge in [-0.15, -0.1) is 10.2 Å². The highest BCUT2D eigenvalue weighted by Crippen LogP contribution is 2.34. The largest absolute Gasteiger partial charge is 0.322 e. The molecule has 1 aliphatic rings. The number of rotatable bonds is 4. The van der Waals surface area contributed by atoms with Gasteiger partial charge in [0.2, 0.25) is 5.01 Å². The molecule has 2 heterocycles. The van der Waals surface area contributed by atoms with E-state index in [0.29, 0.717) is 22.3 Å². The first-order valence-corrected chi connectivity index (χ1v) is 10.7. The number of carbonyl (C=O) groups is 2. The normalized spacial score (nSPS) is 15.8. The Bertz CT molecular complexity index is 1070. The number of nitrogens with one attached hydrogen (secondary N) is 2. The molecule has 2 aromatic carbocycles. The summed E-state index contributed by atoms with van der Waals surface area (Å²) < 4.78 is 0. The van der Waals surface area contributed by atoms with Crippen molar-refractivity contribution >= 4 is 46.3 Å². The van der Waals surface area contributed by atoms with Crippen LogP contribution in [0.3, 0.4) is 0 Å². The molecule has 7 nitrogen and oxygen atoms in total. The fourth-order valence-electron chi connectivity index (χ4n) is 3.31. The lowest BCUT2D eigenvalue weighted by Crippen LogP contribution is -2.34. The minimum absolute atomic E-state index is 0.179. The van der Waals surface area contributed by atoms with E-state index in [-0.39, 0.29) is 23.0 Å². The molecule has 154 valence electrons. The standard InChI is InChI=1S/C21H20ClN5O2S/c1-13-7-9-15(10-8-13)24-21(29)27-11-3-6-17(27)19-25-26-20(30-19)18(28)23-16-5-2-4-14(22)12-16/h2,4-5,7-10,12,17H,3,6,11H2,1H3,(H,23,28)(H,24,29)/t17-/m0/s1. The van der Waals surface area contributed by atoms with Crippen molar-refractivity contribution < 1.29 is 9.59 Å². The van der Waals surface area contributed by atoms with E-state index in [0.717, 1.165) is 24.1 Å². The molecule has 0 spiro atoms. The zero-order valence-corrected chi connectivity index (χ0v) is 17.8. The second-order valence-electron chi connectivity index (χ2n) is 7.06. The lowest BCUT2D eigenvalue weighted by atomic mass is 10.2. The predicted octanol–water partition coefficient (Wildman–Crippen LogP) is 5.12. The summed E-state index contributed by atoms with van der Waals surface area (Å²) in [7, 11) is 0. The van der Waals surface area contributed by atoms with Crippen molar-refractivity contribution in [3.05, 3.63) is 69.1 Å². The summed E-state index contributed by atoms with van der Waals surface area (Å²) in [4.78, 5) is 27.0. The predicted molar refractivity (Wildman–Crippen MR) is 118 cm³/mol. The van der Waals surface area contributed by atoms with E-state index < -0.39 is 0 Å². The van der Waals surface area contributed by atoms with Crippen molar-refractivity contribution in [3.8, 4) is 0 Å². The van der Waals surface area contributed by atoms with Crippen molar-refractivity contribution in [3.63, 3.8) is 0 Å². The Hall–Kier alpha value is -2.97. The van der Waals surface area contributed by atoms with Gasteiger partial charge in [-0.2, -0.15) is 0 Å². The molecule has 0 unspecified atom stereocenters. The lowest BCUT2D eigenvalue weighted by Gasteiger charge is -2.23. The molecule has 3 aromatic rings. The number of benzene rings is 2. The fourth-order valence-corrected chi connectivity index (χ4v) is 4.39. The third kappa shape index (κ3) is 4.60. The zero-order valence-electron chi connectivity index (χ0n) is 16.3. The van der Waals surface area contributed by atoms with Crippen LogP contribution in [0.4, 0.5) is 16.2 Å². The topological polar surface area (TPSA) is 87.2 Å². The van der Waals surface area contributed by atoms with Crippen molar-refractivity contribution in [1.29, 1.82) is 0 Å². The monoisotopic (exact) mass is 441 g/mol. The molecule has 2 N–H and O–H groups in total. The van der Waals surface area contributed by atoms with Gasteiger partial charge in [0, 0.05) is 22.9 Å². The van der Waals surface area contributed by atoms with Gasteiger partial charge in [0.1, 0.15) is 5.01 Å². The van der Waals surface area contributed by atoms with Gasteiger partial charge in [-0.1, -0.05) is 46.7 Å². The number of carbonyl (C=O) groups excluding carboxylic acids is 2. The molecule has 4 rings (SSSR count). The van der Waals surface area contributed by atoms with Gasteiger partial charge in [-0.05, 0) is 50.1 Å². The van der Waals surface area contributed by atoms with Gasteiger partial charge >= 0.3 is 6.03 Å². The first-order valence-electron chi connectivity index (χ1n) is 9.54. The third-order valence-electron chi connectivity index (χ3n) is 4.82. The Morgan fingerprint density at radius 1 is 1.10 bits per heavy atom. The highest BCUT2D eigenvalue weighted by atomic mass is 35.5. The van der Waals surface area contributed by atoms with Crippen LogP contribution in [0.25, 0.3) is 0 Å². The van der Waals surface area contributed by atoms with Gasteiger partial charge < -0.3 is 15.5 Å². The summed E-state index contributed by atoms with van der Waals surface area (Å²) in [6.07, 6.45) is 1.65. The third-order valence-corrected chi connectivity index (χ3v) is 6.08. The van der Waals surface area contributed by atoms with Gasteiger partial charge in [-0.3, -0.25) is 4.79 Å². The van der Waals surface area contributed by atoms with Crippen LogP contribution in [0, 0.1) is 6.92 Å².